The molecule has 98 valence electrons. The summed E-state index contributed by atoms with van der Waals surface area (Å²) in [6, 6.07) is 6.71. The molecule has 0 saturated carbocycles. The lowest BCUT2D eigenvalue weighted by atomic mass is 10.1. The summed E-state index contributed by atoms with van der Waals surface area (Å²) < 4.78 is 0. The van der Waals surface area contributed by atoms with E-state index >= 15 is 0 Å². The van der Waals surface area contributed by atoms with Crippen molar-refractivity contribution in [3.63, 3.8) is 0 Å². The molecule has 0 bridgehead atoms. The number of rotatable bonds is 4. The fourth-order valence-corrected chi connectivity index (χ4v) is 1.80. The summed E-state index contributed by atoms with van der Waals surface area (Å²) >= 11 is 4.89. The molecule has 1 atom stereocenters. The van der Waals surface area contributed by atoms with Crippen LogP contribution in [0.4, 0.5) is 0 Å². The van der Waals surface area contributed by atoms with Gasteiger partial charge in [0, 0.05) is 23.5 Å². The molecule has 0 aliphatic carbocycles. The van der Waals surface area contributed by atoms with Gasteiger partial charge in [-0.2, -0.15) is 0 Å². The van der Waals surface area contributed by atoms with Crippen LogP contribution in [0.3, 0.4) is 0 Å². The average molecular weight is 274 g/mol. The lowest BCUT2D eigenvalue weighted by Crippen LogP contribution is -2.27. The molecule has 4 N–H and O–H groups in total. The Bertz CT molecular complexity index is 594. The number of nitrogens with two attached hydrogens (primary N) is 1. The molecular formula is C13H14N4OS. The van der Waals surface area contributed by atoms with E-state index in [1.165, 1.54) is 0 Å². The van der Waals surface area contributed by atoms with Gasteiger partial charge in [-0.15, -0.1) is 0 Å². The van der Waals surface area contributed by atoms with E-state index in [0.29, 0.717) is 17.0 Å². The van der Waals surface area contributed by atoms with Gasteiger partial charge in [0.25, 0.3) is 5.91 Å². The molecule has 1 aromatic heterocycles. The standard InChI is InChI=1S/C13H14N4OS/c1-8(12-15-5-6-16-12)17-13(18)10-4-2-3-9(7-10)11(14)19/h2-8H,1H3,(H2,14,19)(H,15,16)(H,17,18). The summed E-state index contributed by atoms with van der Waals surface area (Å²) in [5, 5.41) is 2.85. The fourth-order valence-electron chi connectivity index (χ4n) is 1.68. The first-order chi connectivity index (χ1) is 9.08. The molecule has 2 aromatic rings. The van der Waals surface area contributed by atoms with Gasteiger partial charge in [-0.05, 0) is 19.1 Å². The quantitative estimate of drug-likeness (QED) is 0.738. The molecule has 0 aliphatic rings. The molecule has 1 amide bonds. The second-order valence-electron chi connectivity index (χ2n) is 4.11. The van der Waals surface area contributed by atoms with Crippen molar-refractivity contribution in [2.24, 2.45) is 5.73 Å². The van der Waals surface area contributed by atoms with E-state index < -0.39 is 0 Å². The van der Waals surface area contributed by atoms with E-state index in [1.54, 1.807) is 36.7 Å². The van der Waals surface area contributed by atoms with Gasteiger partial charge in [0.05, 0.1) is 6.04 Å². The van der Waals surface area contributed by atoms with E-state index in [1.807, 2.05) is 6.92 Å². The van der Waals surface area contributed by atoms with Crippen molar-refractivity contribution in [1.29, 1.82) is 0 Å². The lowest BCUT2D eigenvalue weighted by molar-refractivity contribution is 0.0938. The monoisotopic (exact) mass is 274 g/mol. The normalized spacial score (nSPS) is 11.8. The van der Waals surface area contributed by atoms with E-state index in [2.05, 4.69) is 15.3 Å². The number of hydrogen-bond acceptors (Lipinski definition) is 3. The minimum atomic E-state index is -0.198. The Morgan fingerprint density at radius 3 is 2.84 bits per heavy atom. The number of nitrogens with zero attached hydrogens (tertiary/aromatic N) is 1. The third kappa shape index (κ3) is 3.17. The summed E-state index contributed by atoms with van der Waals surface area (Å²) in [7, 11) is 0. The smallest absolute Gasteiger partial charge is 0.251 e. The number of aromatic amines is 1. The Kier molecular flexibility index (Phi) is 3.91. The Labute approximate surface area is 116 Å². The van der Waals surface area contributed by atoms with Crippen molar-refractivity contribution in [3.8, 4) is 0 Å². The molecule has 1 heterocycles. The van der Waals surface area contributed by atoms with Crippen LogP contribution in [0.25, 0.3) is 0 Å². The number of nitrogens with one attached hydrogen (secondary N) is 2. The highest BCUT2D eigenvalue weighted by atomic mass is 32.1. The van der Waals surface area contributed by atoms with Crippen molar-refractivity contribution >= 4 is 23.1 Å². The van der Waals surface area contributed by atoms with Crippen molar-refractivity contribution in [3.05, 3.63) is 53.6 Å². The summed E-state index contributed by atoms with van der Waals surface area (Å²) in [5.74, 6) is 0.515. The van der Waals surface area contributed by atoms with Crippen LogP contribution in [-0.2, 0) is 0 Å². The Balaban J connectivity index is 2.12. The largest absolute Gasteiger partial charge is 0.389 e. The van der Waals surface area contributed by atoms with Crippen LogP contribution in [-0.4, -0.2) is 20.9 Å². The molecule has 6 heteroatoms. The van der Waals surface area contributed by atoms with Crippen LogP contribution in [0, 0.1) is 0 Å². The predicted octanol–water partition coefficient (Wildman–Crippen LogP) is 1.53. The van der Waals surface area contributed by atoms with Crippen LogP contribution in [0.15, 0.2) is 36.7 Å². The number of hydrogen-bond donors (Lipinski definition) is 3. The zero-order chi connectivity index (χ0) is 13.8. The maximum atomic E-state index is 12.1. The average Bonchev–Trinajstić information content (AvgIpc) is 2.92. The van der Waals surface area contributed by atoms with Gasteiger partial charge in [-0.1, -0.05) is 24.4 Å². The highest BCUT2D eigenvalue weighted by Crippen LogP contribution is 2.09. The molecule has 0 spiro atoms. The second kappa shape index (κ2) is 5.62. The minimum Gasteiger partial charge on any atom is -0.389 e. The topological polar surface area (TPSA) is 83.8 Å². The van der Waals surface area contributed by atoms with Gasteiger partial charge in [-0.25, -0.2) is 4.98 Å². The molecular weight excluding hydrogens is 260 g/mol. The number of H-pyrrole nitrogens is 1. The third-order valence-corrected chi connectivity index (χ3v) is 2.92. The molecule has 1 aromatic carbocycles. The molecule has 1 unspecified atom stereocenters. The van der Waals surface area contributed by atoms with Gasteiger partial charge in [0.15, 0.2) is 0 Å². The van der Waals surface area contributed by atoms with E-state index in [-0.39, 0.29) is 16.9 Å². The number of thiocarbonyl (C=S) groups is 1. The Hall–Kier alpha value is -2.21. The maximum Gasteiger partial charge on any atom is 0.251 e. The maximum absolute atomic E-state index is 12.1. The molecule has 2 rings (SSSR count). The van der Waals surface area contributed by atoms with Crippen LogP contribution in [0.5, 0.6) is 0 Å². The van der Waals surface area contributed by atoms with E-state index in [4.69, 9.17) is 18.0 Å². The number of carbonyl (C=O) groups excluding carboxylic acids is 1. The van der Waals surface area contributed by atoms with Crippen LogP contribution >= 0.6 is 12.2 Å². The highest BCUT2D eigenvalue weighted by Gasteiger charge is 2.13. The SMILES string of the molecule is CC(NC(=O)c1cccc(C(N)=S)c1)c1ncc[nH]1. The summed E-state index contributed by atoms with van der Waals surface area (Å²) in [5.41, 5.74) is 6.74. The van der Waals surface area contributed by atoms with Crippen molar-refractivity contribution in [2.45, 2.75) is 13.0 Å². The number of aromatic nitrogens is 2. The van der Waals surface area contributed by atoms with Crippen LogP contribution in [0.1, 0.15) is 34.7 Å². The predicted molar refractivity (Wildman–Crippen MR) is 76.8 cm³/mol. The van der Waals surface area contributed by atoms with Gasteiger partial charge in [0.2, 0.25) is 0 Å². The fraction of sp³-hybridized carbons (Fsp3) is 0.154. The van der Waals surface area contributed by atoms with E-state index in [0.717, 1.165) is 0 Å². The highest BCUT2D eigenvalue weighted by molar-refractivity contribution is 7.80. The first-order valence-electron chi connectivity index (χ1n) is 5.78. The van der Waals surface area contributed by atoms with Crippen molar-refractivity contribution in [2.75, 3.05) is 0 Å². The Morgan fingerprint density at radius 2 is 2.21 bits per heavy atom. The lowest BCUT2D eigenvalue weighted by Gasteiger charge is -2.12. The summed E-state index contributed by atoms with van der Waals surface area (Å²) in [6.45, 7) is 1.86. The number of carbonyl (C=O) groups is 1. The molecule has 19 heavy (non-hydrogen) atoms. The van der Waals surface area contributed by atoms with Gasteiger partial charge in [0.1, 0.15) is 10.8 Å². The molecule has 5 nitrogen and oxygen atoms in total. The number of imidazole rings is 1. The first kappa shape index (κ1) is 13.2. The summed E-state index contributed by atoms with van der Waals surface area (Å²) in [6.07, 6.45) is 3.36. The minimum absolute atomic E-state index is 0.193. The van der Waals surface area contributed by atoms with Crippen LogP contribution in [0.2, 0.25) is 0 Å². The zero-order valence-corrected chi connectivity index (χ0v) is 11.2. The number of amides is 1. The van der Waals surface area contributed by atoms with E-state index in [9.17, 15) is 4.79 Å². The van der Waals surface area contributed by atoms with Crippen LogP contribution < -0.4 is 11.1 Å². The molecule has 0 radical (unpaired) electrons. The second-order valence-corrected chi connectivity index (χ2v) is 4.55. The molecule has 0 aliphatic heterocycles. The van der Waals surface area contributed by atoms with Crippen molar-refractivity contribution < 1.29 is 4.79 Å². The Morgan fingerprint density at radius 1 is 1.47 bits per heavy atom. The third-order valence-electron chi connectivity index (χ3n) is 2.69. The first-order valence-corrected chi connectivity index (χ1v) is 6.19. The number of benzene rings is 1. The van der Waals surface area contributed by atoms with Crippen molar-refractivity contribution in [1.82, 2.24) is 15.3 Å². The molecule has 0 saturated heterocycles. The summed E-state index contributed by atoms with van der Waals surface area (Å²) in [4.78, 5) is 19.4. The zero-order valence-electron chi connectivity index (χ0n) is 10.4. The van der Waals surface area contributed by atoms with Gasteiger partial charge >= 0.3 is 0 Å². The van der Waals surface area contributed by atoms with Gasteiger partial charge < -0.3 is 16.0 Å². The van der Waals surface area contributed by atoms with Gasteiger partial charge in [-0.3, -0.25) is 4.79 Å². The molecule has 0 fully saturated rings.